The monoisotopic (exact) mass is 397 g/mol. The van der Waals surface area contributed by atoms with Crippen molar-refractivity contribution in [1.29, 1.82) is 0 Å². The smallest absolute Gasteiger partial charge is 0.224 e. The molecule has 3 aromatic rings. The standard InChI is InChI=1S/C22H24ClN3O2/c1-15-20(16(2)26(25-15)14-17-7-5-4-6-8-17)13-24-22(27)12-18-11-19(23)9-10-21(18)28-3/h4-11H,12-14H2,1-3H3,(H,24,27). The molecule has 3 rings (SSSR count). The maximum Gasteiger partial charge on any atom is 0.224 e. The molecular weight excluding hydrogens is 374 g/mol. The highest BCUT2D eigenvalue weighted by Crippen LogP contribution is 2.23. The zero-order chi connectivity index (χ0) is 20.1. The molecule has 1 N–H and O–H groups in total. The third kappa shape index (κ3) is 4.73. The molecule has 0 unspecified atom stereocenters. The summed E-state index contributed by atoms with van der Waals surface area (Å²) in [6, 6.07) is 15.5. The Hall–Kier alpha value is -2.79. The number of carbonyl (C=O) groups excluding carboxylic acids is 1. The molecule has 146 valence electrons. The summed E-state index contributed by atoms with van der Waals surface area (Å²) in [5.41, 5.74) is 4.98. The van der Waals surface area contributed by atoms with Crippen molar-refractivity contribution in [2.24, 2.45) is 0 Å². The summed E-state index contributed by atoms with van der Waals surface area (Å²) in [6.07, 6.45) is 0.208. The number of ether oxygens (including phenoxy) is 1. The van der Waals surface area contributed by atoms with Gasteiger partial charge in [-0.2, -0.15) is 5.10 Å². The highest BCUT2D eigenvalue weighted by molar-refractivity contribution is 6.30. The maximum absolute atomic E-state index is 12.4. The quantitative estimate of drug-likeness (QED) is 0.653. The van der Waals surface area contributed by atoms with E-state index in [0.29, 0.717) is 23.9 Å². The normalized spacial score (nSPS) is 10.7. The van der Waals surface area contributed by atoms with Crippen LogP contribution in [0.1, 0.15) is 28.1 Å². The van der Waals surface area contributed by atoms with Crippen LogP contribution in [0.15, 0.2) is 48.5 Å². The van der Waals surface area contributed by atoms with Gasteiger partial charge in [0.1, 0.15) is 5.75 Å². The van der Waals surface area contributed by atoms with Crippen LogP contribution in [0.2, 0.25) is 5.02 Å². The number of aromatic nitrogens is 2. The van der Waals surface area contributed by atoms with Gasteiger partial charge in [0.25, 0.3) is 0 Å². The van der Waals surface area contributed by atoms with Crippen molar-refractivity contribution in [3.8, 4) is 5.75 Å². The second-order valence-electron chi connectivity index (χ2n) is 6.70. The molecule has 0 aliphatic carbocycles. The molecule has 1 aromatic heterocycles. The summed E-state index contributed by atoms with van der Waals surface area (Å²) >= 11 is 6.04. The number of rotatable bonds is 7. The molecule has 0 saturated carbocycles. The van der Waals surface area contributed by atoms with Gasteiger partial charge in [0, 0.05) is 28.4 Å². The number of amides is 1. The van der Waals surface area contributed by atoms with Crippen LogP contribution < -0.4 is 10.1 Å². The van der Waals surface area contributed by atoms with Crippen molar-refractivity contribution in [2.75, 3.05) is 7.11 Å². The molecule has 0 aliphatic rings. The van der Waals surface area contributed by atoms with E-state index < -0.39 is 0 Å². The van der Waals surface area contributed by atoms with E-state index >= 15 is 0 Å². The first-order chi connectivity index (χ1) is 13.5. The molecule has 0 fully saturated rings. The van der Waals surface area contributed by atoms with E-state index in [-0.39, 0.29) is 12.3 Å². The number of hydrogen-bond donors (Lipinski definition) is 1. The molecule has 0 radical (unpaired) electrons. The second kappa shape index (κ2) is 8.93. The van der Waals surface area contributed by atoms with Crippen LogP contribution in [0.4, 0.5) is 0 Å². The van der Waals surface area contributed by atoms with Crippen molar-refractivity contribution >= 4 is 17.5 Å². The minimum atomic E-state index is -0.0878. The number of nitrogens with zero attached hydrogens (tertiary/aromatic N) is 2. The average molecular weight is 398 g/mol. The van der Waals surface area contributed by atoms with Gasteiger partial charge in [0.2, 0.25) is 5.91 Å². The van der Waals surface area contributed by atoms with Gasteiger partial charge >= 0.3 is 0 Å². The van der Waals surface area contributed by atoms with E-state index in [0.717, 1.165) is 22.5 Å². The van der Waals surface area contributed by atoms with Crippen molar-refractivity contribution < 1.29 is 9.53 Å². The molecule has 2 aromatic carbocycles. The van der Waals surface area contributed by atoms with Crippen LogP contribution in [-0.2, 0) is 24.3 Å². The molecule has 28 heavy (non-hydrogen) atoms. The topological polar surface area (TPSA) is 56.1 Å². The Balaban J connectivity index is 1.66. The van der Waals surface area contributed by atoms with E-state index in [9.17, 15) is 4.79 Å². The minimum absolute atomic E-state index is 0.0878. The van der Waals surface area contributed by atoms with Crippen LogP contribution in [0.25, 0.3) is 0 Å². The Bertz CT molecular complexity index is 967. The highest BCUT2D eigenvalue weighted by atomic mass is 35.5. The molecule has 0 aliphatic heterocycles. The second-order valence-corrected chi connectivity index (χ2v) is 7.14. The zero-order valence-electron chi connectivity index (χ0n) is 16.3. The van der Waals surface area contributed by atoms with Gasteiger partial charge in [0.05, 0.1) is 25.8 Å². The Kier molecular flexibility index (Phi) is 6.37. The molecule has 0 bridgehead atoms. The van der Waals surface area contributed by atoms with E-state index in [4.69, 9.17) is 16.3 Å². The number of halogens is 1. The summed E-state index contributed by atoms with van der Waals surface area (Å²) in [5.74, 6) is 0.567. The van der Waals surface area contributed by atoms with Crippen LogP contribution >= 0.6 is 11.6 Å². The molecule has 0 saturated heterocycles. The van der Waals surface area contributed by atoms with Gasteiger partial charge in [-0.05, 0) is 37.6 Å². The lowest BCUT2D eigenvalue weighted by molar-refractivity contribution is -0.120. The molecule has 1 amide bonds. The number of carbonyl (C=O) groups is 1. The molecule has 6 heteroatoms. The van der Waals surface area contributed by atoms with Gasteiger partial charge in [-0.25, -0.2) is 0 Å². The number of methoxy groups -OCH3 is 1. The predicted molar refractivity (Wildman–Crippen MR) is 111 cm³/mol. The number of benzene rings is 2. The molecular formula is C22H24ClN3O2. The summed E-state index contributed by atoms with van der Waals surface area (Å²) in [4.78, 5) is 12.4. The first-order valence-corrected chi connectivity index (χ1v) is 9.51. The zero-order valence-corrected chi connectivity index (χ0v) is 17.1. The van der Waals surface area contributed by atoms with Gasteiger partial charge in [-0.3, -0.25) is 9.48 Å². The fraction of sp³-hybridized carbons (Fsp3) is 0.273. The van der Waals surface area contributed by atoms with Gasteiger partial charge in [-0.1, -0.05) is 41.9 Å². The summed E-state index contributed by atoms with van der Waals surface area (Å²) in [7, 11) is 1.58. The summed E-state index contributed by atoms with van der Waals surface area (Å²) in [6.45, 7) is 5.15. The summed E-state index contributed by atoms with van der Waals surface area (Å²) < 4.78 is 7.29. The van der Waals surface area contributed by atoms with Gasteiger partial charge < -0.3 is 10.1 Å². The van der Waals surface area contributed by atoms with Crippen LogP contribution in [0.3, 0.4) is 0 Å². The minimum Gasteiger partial charge on any atom is -0.496 e. The Morgan fingerprint density at radius 1 is 1.18 bits per heavy atom. The number of hydrogen-bond acceptors (Lipinski definition) is 3. The molecule has 0 spiro atoms. The van der Waals surface area contributed by atoms with Crippen molar-refractivity contribution in [3.05, 3.63) is 81.6 Å². The molecule has 1 heterocycles. The van der Waals surface area contributed by atoms with Crippen molar-refractivity contribution in [2.45, 2.75) is 33.4 Å². The fourth-order valence-electron chi connectivity index (χ4n) is 3.21. The highest BCUT2D eigenvalue weighted by Gasteiger charge is 2.14. The van der Waals surface area contributed by atoms with Crippen molar-refractivity contribution in [3.63, 3.8) is 0 Å². The Labute approximate surface area is 170 Å². The van der Waals surface area contributed by atoms with Crippen LogP contribution in [-0.4, -0.2) is 22.8 Å². The molecule has 0 atom stereocenters. The third-order valence-corrected chi connectivity index (χ3v) is 5.00. The SMILES string of the molecule is COc1ccc(Cl)cc1CC(=O)NCc1c(C)nn(Cc2ccccc2)c1C. The first kappa shape index (κ1) is 20.0. The fourth-order valence-corrected chi connectivity index (χ4v) is 3.40. The Morgan fingerprint density at radius 3 is 2.64 bits per heavy atom. The van der Waals surface area contributed by atoms with Gasteiger partial charge in [0.15, 0.2) is 0 Å². The van der Waals surface area contributed by atoms with Crippen molar-refractivity contribution in [1.82, 2.24) is 15.1 Å². The number of aryl methyl sites for hydroxylation is 1. The van der Waals surface area contributed by atoms with Crippen LogP contribution in [0.5, 0.6) is 5.75 Å². The lowest BCUT2D eigenvalue weighted by atomic mass is 10.1. The maximum atomic E-state index is 12.4. The van der Waals surface area contributed by atoms with E-state index in [2.05, 4.69) is 22.5 Å². The first-order valence-electron chi connectivity index (χ1n) is 9.14. The van der Waals surface area contributed by atoms with Gasteiger partial charge in [-0.15, -0.1) is 0 Å². The van der Waals surface area contributed by atoms with E-state index in [1.165, 1.54) is 5.56 Å². The van der Waals surface area contributed by atoms with Crippen LogP contribution in [0, 0.1) is 13.8 Å². The predicted octanol–water partition coefficient (Wildman–Crippen LogP) is 4.07. The number of nitrogens with one attached hydrogen (secondary N) is 1. The average Bonchev–Trinajstić information content (AvgIpc) is 2.94. The van der Waals surface area contributed by atoms with E-state index in [1.807, 2.05) is 36.7 Å². The molecule has 5 nitrogen and oxygen atoms in total. The lowest BCUT2D eigenvalue weighted by Crippen LogP contribution is -2.25. The third-order valence-electron chi connectivity index (χ3n) is 4.76. The largest absolute Gasteiger partial charge is 0.496 e. The lowest BCUT2D eigenvalue weighted by Gasteiger charge is -2.10. The van der Waals surface area contributed by atoms with E-state index in [1.54, 1.807) is 25.3 Å². The summed E-state index contributed by atoms with van der Waals surface area (Å²) in [5, 5.41) is 8.20. The Morgan fingerprint density at radius 2 is 1.93 bits per heavy atom.